The molecule has 0 bridgehead atoms. The molecule has 3 rings (SSSR count). The van der Waals surface area contributed by atoms with Crippen molar-refractivity contribution in [2.24, 2.45) is 0 Å². The minimum absolute atomic E-state index is 0.0705. The molecule has 1 aliphatic rings. The van der Waals surface area contributed by atoms with Crippen LogP contribution < -0.4 is 5.32 Å². The number of ether oxygens (including phenoxy) is 1. The molecule has 128 valence electrons. The van der Waals surface area contributed by atoms with E-state index in [0.29, 0.717) is 16.1 Å². The predicted octanol–water partition coefficient (Wildman–Crippen LogP) is 3.07. The Hall–Kier alpha value is -2.66. The monoisotopic (exact) mass is 357 g/mol. The number of benzene rings is 2. The van der Waals surface area contributed by atoms with Gasteiger partial charge in [0.05, 0.1) is 17.5 Å². The number of aryl methyl sites for hydroxylation is 1. The zero-order valence-corrected chi connectivity index (χ0v) is 14.4. The summed E-state index contributed by atoms with van der Waals surface area (Å²) >= 11 is 5.97. The highest BCUT2D eigenvalue weighted by Gasteiger charge is 2.29. The number of carbonyl (C=O) groups is 3. The molecule has 25 heavy (non-hydrogen) atoms. The Morgan fingerprint density at radius 3 is 2.64 bits per heavy atom. The van der Waals surface area contributed by atoms with Crippen LogP contribution in [0.4, 0.5) is 0 Å². The molecule has 0 radical (unpaired) electrons. The molecule has 2 aromatic carbocycles. The van der Waals surface area contributed by atoms with Gasteiger partial charge in [-0.2, -0.15) is 0 Å². The van der Waals surface area contributed by atoms with Gasteiger partial charge in [-0.25, -0.2) is 0 Å². The smallest absolute Gasteiger partial charge is 0.310 e. The van der Waals surface area contributed by atoms with E-state index < -0.39 is 17.8 Å². The third kappa shape index (κ3) is 3.56. The third-order valence-electron chi connectivity index (χ3n) is 4.12. The van der Waals surface area contributed by atoms with Crippen LogP contribution in [-0.4, -0.2) is 17.8 Å². The van der Waals surface area contributed by atoms with Crippen molar-refractivity contribution in [3.63, 3.8) is 0 Å². The molecule has 1 heterocycles. The Labute approximate surface area is 149 Å². The average Bonchev–Trinajstić information content (AvgIpc) is 2.89. The summed E-state index contributed by atoms with van der Waals surface area (Å²) in [6.45, 7) is 2.14. The van der Waals surface area contributed by atoms with E-state index in [4.69, 9.17) is 16.3 Å². The highest BCUT2D eigenvalue weighted by molar-refractivity contribution is 6.30. The second kappa shape index (κ2) is 7.07. The van der Waals surface area contributed by atoms with E-state index in [1.807, 2.05) is 19.1 Å². The lowest BCUT2D eigenvalue weighted by molar-refractivity contribution is -0.144. The van der Waals surface area contributed by atoms with Gasteiger partial charge in [0, 0.05) is 5.02 Å². The Bertz CT molecular complexity index is 876. The third-order valence-corrected chi connectivity index (χ3v) is 4.36. The Morgan fingerprint density at radius 2 is 1.88 bits per heavy atom. The SMILES string of the molecule is CCc1cc(Cl)ccc1COC(=O)Cc1cccc2c1C(=O)NC2=O. The summed E-state index contributed by atoms with van der Waals surface area (Å²) in [5.41, 5.74) is 2.95. The number of hydrogen-bond donors (Lipinski definition) is 1. The van der Waals surface area contributed by atoms with Crippen molar-refractivity contribution in [1.29, 1.82) is 0 Å². The van der Waals surface area contributed by atoms with E-state index in [1.54, 1.807) is 24.3 Å². The van der Waals surface area contributed by atoms with Gasteiger partial charge in [-0.1, -0.05) is 36.7 Å². The molecule has 1 aliphatic heterocycles. The maximum Gasteiger partial charge on any atom is 0.310 e. The van der Waals surface area contributed by atoms with E-state index in [-0.39, 0.29) is 18.6 Å². The molecule has 2 aromatic rings. The Morgan fingerprint density at radius 1 is 1.08 bits per heavy atom. The molecule has 0 unspecified atom stereocenters. The van der Waals surface area contributed by atoms with E-state index >= 15 is 0 Å². The number of amides is 2. The van der Waals surface area contributed by atoms with Crippen LogP contribution >= 0.6 is 11.6 Å². The van der Waals surface area contributed by atoms with Crippen molar-refractivity contribution < 1.29 is 19.1 Å². The van der Waals surface area contributed by atoms with Gasteiger partial charge in [-0.05, 0) is 41.3 Å². The quantitative estimate of drug-likeness (QED) is 0.659. The van der Waals surface area contributed by atoms with Crippen molar-refractivity contribution in [3.05, 3.63) is 69.2 Å². The highest BCUT2D eigenvalue weighted by atomic mass is 35.5. The fourth-order valence-electron chi connectivity index (χ4n) is 2.87. The van der Waals surface area contributed by atoms with Gasteiger partial charge in [0.1, 0.15) is 6.61 Å². The molecular weight excluding hydrogens is 342 g/mol. The molecule has 5 nitrogen and oxygen atoms in total. The molecule has 0 aliphatic carbocycles. The summed E-state index contributed by atoms with van der Waals surface area (Å²) in [7, 11) is 0. The number of carbonyl (C=O) groups excluding carboxylic acids is 3. The van der Waals surface area contributed by atoms with Gasteiger partial charge in [0.15, 0.2) is 0 Å². The van der Waals surface area contributed by atoms with E-state index in [0.717, 1.165) is 17.5 Å². The maximum atomic E-state index is 12.2. The standard InChI is InChI=1S/C19H16ClNO4/c1-2-11-8-14(20)7-6-13(11)10-25-16(22)9-12-4-3-5-15-17(12)19(24)21-18(15)23/h3-8H,2,9-10H2,1H3,(H,21,23,24). The van der Waals surface area contributed by atoms with Crippen molar-refractivity contribution in [3.8, 4) is 0 Å². The van der Waals surface area contributed by atoms with Crippen LogP contribution in [-0.2, 0) is 29.0 Å². The van der Waals surface area contributed by atoms with Crippen molar-refractivity contribution in [2.75, 3.05) is 0 Å². The van der Waals surface area contributed by atoms with Crippen LogP contribution in [0.2, 0.25) is 5.02 Å². The number of hydrogen-bond acceptors (Lipinski definition) is 4. The molecule has 0 fully saturated rings. The minimum atomic E-state index is -0.477. The van der Waals surface area contributed by atoms with Crippen LogP contribution in [0.5, 0.6) is 0 Å². The first-order chi connectivity index (χ1) is 12.0. The number of esters is 1. The molecule has 0 saturated carbocycles. The summed E-state index contributed by atoms with van der Waals surface area (Å²) in [6, 6.07) is 10.3. The molecular formula is C19H16ClNO4. The van der Waals surface area contributed by atoms with Gasteiger partial charge in [-0.3, -0.25) is 19.7 Å². The zero-order chi connectivity index (χ0) is 18.0. The summed E-state index contributed by atoms with van der Waals surface area (Å²) in [4.78, 5) is 35.7. The topological polar surface area (TPSA) is 72.5 Å². The van der Waals surface area contributed by atoms with Crippen molar-refractivity contribution >= 4 is 29.4 Å². The van der Waals surface area contributed by atoms with Crippen molar-refractivity contribution in [2.45, 2.75) is 26.4 Å². The lowest BCUT2D eigenvalue weighted by Crippen LogP contribution is -2.20. The summed E-state index contributed by atoms with van der Waals surface area (Å²) in [5, 5.41) is 2.87. The highest BCUT2D eigenvalue weighted by Crippen LogP contribution is 2.21. The normalized spacial score (nSPS) is 12.7. The first kappa shape index (κ1) is 17.2. The lowest BCUT2D eigenvalue weighted by atomic mass is 10.0. The number of fused-ring (bicyclic) bond motifs is 1. The Kier molecular flexibility index (Phi) is 4.86. The van der Waals surface area contributed by atoms with Gasteiger partial charge in [0.25, 0.3) is 11.8 Å². The predicted molar refractivity (Wildman–Crippen MR) is 92.6 cm³/mol. The van der Waals surface area contributed by atoms with Gasteiger partial charge in [-0.15, -0.1) is 0 Å². The largest absolute Gasteiger partial charge is 0.461 e. The van der Waals surface area contributed by atoms with Crippen LogP contribution in [0.15, 0.2) is 36.4 Å². The van der Waals surface area contributed by atoms with Crippen molar-refractivity contribution in [1.82, 2.24) is 5.32 Å². The molecule has 0 aromatic heterocycles. The molecule has 0 saturated heterocycles. The number of halogens is 1. The fourth-order valence-corrected chi connectivity index (χ4v) is 3.06. The van der Waals surface area contributed by atoms with E-state index in [9.17, 15) is 14.4 Å². The number of rotatable bonds is 5. The van der Waals surface area contributed by atoms with Gasteiger partial charge in [0.2, 0.25) is 0 Å². The first-order valence-electron chi connectivity index (χ1n) is 7.90. The van der Waals surface area contributed by atoms with Crippen LogP contribution in [0.1, 0.15) is 44.3 Å². The Balaban J connectivity index is 1.71. The maximum absolute atomic E-state index is 12.2. The van der Waals surface area contributed by atoms with Gasteiger partial charge < -0.3 is 4.74 Å². The molecule has 2 amide bonds. The molecule has 6 heteroatoms. The molecule has 1 N–H and O–H groups in total. The summed E-state index contributed by atoms with van der Waals surface area (Å²) in [5.74, 6) is -1.38. The molecule has 0 atom stereocenters. The summed E-state index contributed by atoms with van der Waals surface area (Å²) < 4.78 is 5.34. The second-order valence-corrected chi connectivity index (χ2v) is 6.16. The minimum Gasteiger partial charge on any atom is -0.461 e. The zero-order valence-electron chi connectivity index (χ0n) is 13.6. The molecule has 0 spiro atoms. The number of nitrogens with one attached hydrogen (secondary N) is 1. The lowest BCUT2D eigenvalue weighted by Gasteiger charge is -2.10. The fraction of sp³-hybridized carbons (Fsp3) is 0.211. The second-order valence-electron chi connectivity index (χ2n) is 5.73. The van der Waals surface area contributed by atoms with E-state index in [1.165, 1.54) is 0 Å². The summed E-state index contributed by atoms with van der Waals surface area (Å²) in [6.07, 6.45) is 0.709. The average molecular weight is 358 g/mol. The first-order valence-corrected chi connectivity index (χ1v) is 8.28. The van der Waals surface area contributed by atoms with Gasteiger partial charge >= 0.3 is 5.97 Å². The van der Waals surface area contributed by atoms with Crippen LogP contribution in [0.3, 0.4) is 0 Å². The van der Waals surface area contributed by atoms with E-state index in [2.05, 4.69) is 5.32 Å². The van der Waals surface area contributed by atoms with Crippen LogP contribution in [0.25, 0.3) is 0 Å². The number of imide groups is 1. The van der Waals surface area contributed by atoms with Crippen LogP contribution in [0, 0.1) is 0 Å².